The standard InChI is InChI=1S/C14H9ClN6O5/c15-9-5-7(1-3-10(9)21(23)24)11-4-2-8(25-11)6-17-18-14(22)12-13(16)20-26-19-12/h1-6H,(H2,16,20)(H,18,22). The Kier molecular flexibility index (Phi) is 4.62. The van der Waals surface area contributed by atoms with Crippen molar-refractivity contribution in [3.63, 3.8) is 0 Å². The molecule has 132 valence electrons. The van der Waals surface area contributed by atoms with Crippen LogP contribution in [-0.2, 0) is 0 Å². The number of hydrazone groups is 1. The number of nitrogen functional groups attached to an aromatic ring is 1. The number of anilines is 1. The lowest BCUT2D eigenvalue weighted by Gasteiger charge is -1.99. The molecule has 0 fully saturated rings. The van der Waals surface area contributed by atoms with Crippen molar-refractivity contribution in [3.05, 3.63) is 56.9 Å². The molecule has 3 rings (SSSR count). The molecule has 0 aliphatic carbocycles. The van der Waals surface area contributed by atoms with E-state index >= 15 is 0 Å². The summed E-state index contributed by atoms with van der Waals surface area (Å²) in [7, 11) is 0. The van der Waals surface area contributed by atoms with Crippen LogP contribution in [0, 0.1) is 10.1 Å². The molecule has 3 N–H and O–H groups in total. The molecule has 2 aromatic heterocycles. The van der Waals surface area contributed by atoms with Crippen LogP contribution in [0.2, 0.25) is 5.02 Å². The minimum absolute atomic E-state index is 0.00908. The van der Waals surface area contributed by atoms with E-state index in [-0.39, 0.29) is 22.2 Å². The van der Waals surface area contributed by atoms with E-state index in [9.17, 15) is 14.9 Å². The van der Waals surface area contributed by atoms with E-state index in [2.05, 4.69) is 25.5 Å². The summed E-state index contributed by atoms with van der Waals surface area (Å²) in [6, 6.07) is 7.42. The second-order valence-electron chi connectivity index (χ2n) is 4.82. The number of nitro benzene ring substituents is 1. The predicted octanol–water partition coefficient (Wildman–Crippen LogP) is 2.24. The Balaban J connectivity index is 1.70. The first-order chi connectivity index (χ1) is 12.5. The SMILES string of the molecule is Nc1nonc1C(=O)NN=Cc1ccc(-c2ccc([N+](=O)[O-])c(Cl)c2)o1. The molecule has 0 saturated carbocycles. The van der Waals surface area contributed by atoms with Crippen LogP contribution < -0.4 is 11.2 Å². The summed E-state index contributed by atoms with van der Waals surface area (Å²) >= 11 is 5.88. The van der Waals surface area contributed by atoms with Crippen molar-refractivity contribution < 1.29 is 18.8 Å². The molecule has 0 spiro atoms. The fraction of sp³-hybridized carbons (Fsp3) is 0. The maximum Gasteiger partial charge on any atom is 0.297 e. The molecule has 0 unspecified atom stereocenters. The molecule has 0 bridgehead atoms. The smallest absolute Gasteiger partial charge is 0.297 e. The second kappa shape index (κ2) is 7.03. The Labute approximate surface area is 149 Å². The number of hydrogen-bond acceptors (Lipinski definition) is 9. The number of carbonyl (C=O) groups is 1. The van der Waals surface area contributed by atoms with Gasteiger partial charge in [-0.05, 0) is 34.6 Å². The van der Waals surface area contributed by atoms with Crippen molar-refractivity contribution in [2.24, 2.45) is 5.10 Å². The monoisotopic (exact) mass is 376 g/mol. The number of hydrogen-bond donors (Lipinski definition) is 2. The molecule has 11 nitrogen and oxygen atoms in total. The minimum atomic E-state index is -0.700. The van der Waals surface area contributed by atoms with Crippen molar-refractivity contribution in [2.45, 2.75) is 0 Å². The summed E-state index contributed by atoms with van der Waals surface area (Å²) < 4.78 is 9.83. The zero-order chi connectivity index (χ0) is 18.7. The maximum atomic E-state index is 11.7. The number of nitrogens with two attached hydrogens (primary N) is 1. The van der Waals surface area contributed by atoms with Gasteiger partial charge in [-0.15, -0.1) is 0 Å². The minimum Gasteiger partial charge on any atom is -0.455 e. The van der Waals surface area contributed by atoms with E-state index in [0.717, 1.165) is 0 Å². The van der Waals surface area contributed by atoms with Gasteiger partial charge in [0.05, 0.1) is 11.1 Å². The molecule has 12 heteroatoms. The van der Waals surface area contributed by atoms with Crippen molar-refractivity contribution in [1.82, 2.24) is 15.7 Å². The van der Waals surface area contributed by atoms with Gasteiger partial charge >= 0.3 is 0 Å². The first-order valence-electron chi connectivity index (χ1n) is 6.91. The average molecular weight is 377 g/mol. The lowest BCUT2D eigenvalue weighted by atomic mass is 10.1. The molecule has 2 heterocycles. The highest BCUT2D eigenvalue weighted by Gasteiger charge is 2.16. The Morgan fingerprint density at radius 3 is 2.81 bits per heavy atom. The third-order valence-electron chi connectivity index (χ3n) is 3.14. The Bertz CT molecular complexity index is 1010. The Morgan fingerprint density at radius 1 is 1.35 bits per heavy atom. The highest BCUT2D eigenvalue weighted by Crippen LogP contribution is 2.30. The van der Waals surface area contributed by atoms with Crippen LogP contribution in [-0.4, -0.2) is 27.4 Å². The number of rotatable bonds is 5. The van der Waals surface area contributed by atoms with E-state index in [4.69, 9.17) is 21.8 Å². The molecule has 0 aliphatic heterocycles. The molecule has 3 aromatic rings. The number of nitro groups is 1. The normalized spacial score (nSPS) is 11.0. The predicted molar refractivity (Wildman–Crippen MR) is 89.6 cm³/mol. The van der Waals surface area contributed by atoms with Crippen LogP contribution in [0.4, 0.5) is 11.5 Å². The van der Waals surface area contributed by atoms with E-state index in [1.165, 1.54) is 24.4 Å². The molecule has 26 heavy (non-hydrogen) atoms. The molecular weight excluding hydrogens is 368 g/mol. The number of benzene rings is 1. The van der Waals surface area contributed by atoms with Crippen LogP contribution >= 0.6 is 11.6 Å². The maximum absolute atomic E-state index is 11.7. The molecule has 0 atom stereocenters. The lowest BCUT2D eigenvalue weighted by molar-refractivity contribution is -0.384. The highest BCUT2D eigenvalue weighted by molar-refractivity contribution is 6.32. The van der Waals surface area contributed by atoms with Crippen molar-refractivity contribution in [3.8, 4) is 11.3 Å². The zero-order valence-electron chi connectivity index (χ0n) is 12.7. The van der Waals surface area contributed by atoms with E-state index in [0.29, 0.717) is 17.1 Å². The molecule has 0 aliphatic rings. The zero-order valence-corrected chi connectivity index (χ0v) is 13.5. The average Bonchev–Trinajstić information content (AvgIpc) is 3.23. The van der Waals surface area contributed by atoms with Gasteiger partial charge in [-0.2, -0.15) is 5.10 Å². The van der Waals surface area contributed by atoms with Gasteiger partial charge in [0.25, 0.3) is 11.6 Å². The fourth-order valence-corrected chi connectivity index (χ4v) is 2.20. The van der Waals surface area contributed by atoms with Gasteiger partial charge in [0.1, 0.15) is 16.5 Å². The lowest BCUT2D eigenvalue weighted by Crippen LogP contribution is -2.19. The first kappa shape index (κ1) is 17.1. The van der Waals surface area contributed by atoms with E-state index in [1.807, 2.05) is 0 Å². The first-order valence-corrected chi connectivity index (χ1v) is 7.29. The van der Waals surface area contributed by atoms with Gasteiger partial charge in [-0.1, -0.05) is 11.6 Å². The number of aromatic nitrogens is 2. The van der Waals surface area contributed by atoms with Crippen LogP contribution in [0.15, 0.2) is 44.5 Å². The number of halogens is 1. The van der Waals surface area contributed by atoms with Gasteiger partial charge in [0.15, 0.2) is 0 Å². The number of nitrogens with one attached hydrogen (secondary N) is 1. The number of furan rings is 1. The van der Waals surface area contributed by atoms with Gasteiger partial charge in [-0.25, -0.2) is 10.1 Å². The molecule has 1 amide bonds. The summed E-state index contributed by atoms with van der Waals surface area (Å²) in [5.41, 5.74) is 7.72. The van der Waals surface area contributed by atoms with Gasteiger partial charge < -0.3 is 10.2 Å². The van der Waals surface area contributed by atoms with Gasteiger partial charge in [-0.3, -0.25) is 14.9 Å². The summed E-state index contributed by atoms with van der Waals surface area (Å²) in [6.07, 6.45) is 1.25. The van der Waals surface area contributed by atoms with Crippen LogP contribution in [0.5, 0.6) is 0 Å². The summed E-state index contributed by atoms with van der Waals surface area (Å²) in [5.74, 6) is -0.123. The number of nitrogens with zero attached hydrogens (tertiary/aromatic N) is 4. The number of carbonyl (C=O) groups excluding carboxylic acids is 1. The topological polar surface area (TPSA) is 163 Å². The summed E-state index contributed by atoms with van der Waals surface area (Å²) in [5, 5.41) is 21.1. The van der Waals surface area contributed by atoms with Gasteiger partial charge in [0, 0.05) is 11.6 Å². The fourth-order valence-electron chi connectivity index (χ4n) is 1.95. The third-order valence-corrected chi connectivity index (χ3v) is 3.45. The van der Waals surface area contributed by atoms with Crippen LogP contribution in [0.3, 0.4) is 0 Å². The second-order valence-corrected chi connectivity index (χ2v) is 5.23. The molecule has 0 radical (unpaired) electrons. The highest BCUT2D eigenvalue weighted by atomic mass is 35.5. The van der Waals surface area contributed by atoms with E-state index < -0.39 is 10.8 Å². The third kappa shape index (κ3) is 3.52. The molecular formula is C14H9ClN6O5. The molecule has 1 aromatic carbocycles. The Hall–Kier alpha value is -3.73. The quantitative estimate of drug-likeness (QED) is 0.389. The summed E-state index contributed by atoms with van der Waals surface area (Å²) in [6.45, 7) is 0. The Morgan fingerprint density at radius 2 is 2.15 bits per heavy atom. The molecule has 0 saturated heterocycles. The largest absolute Gasteiger partial charge is 0.455 e. The van der Waals surface area contributed by atoms with E-state index in [1.54, 1.807) is 12.1 Å². The summed E-state index contributed by atoms with van der Waals surface area (Å²) in [4.78, 5) is 21.9. The van der Waals surface area contributed by atoms with Crippen LogP contribution in [0.25, 0.3) is 11.3 Å². The van der Waals surface area contributed by atoms with Crippen molar-refractivity contribution in [1.29, 1.82) is 0 Å². The van der Waals surface area contributed by atoms with Gasteiger partial charge in [0.2, 0.25) is 11.5 Å². The number of amides is 1. The van der Waals surface area contributed by atoms with Crippen molar-refractivity contribution in [2.75, 3.05) is 5.73 Å². The van der Waals surface area contributed by atoms with Crippen LogP contribution in [0.1, 0.15) is 16.2 Å². The van der Waals surface area contributed by atoms with Crippen molar-refractivity contribution >= 4 is 35.2 Å².